The van der Waals surface area contributed by atoms with Crippen molar-refractivity contribution in [1.82, 2.24) is 20.0 Å². The summed E-state index contributed by atoms with van der Waals surface area (Å²) in [5, 5.41) is 12.1. The van der Waals surface area contributed by atoms with Gasteiger partial charge in [-0.15, -0.1) is 10.2 Å². The molecule has 0 atom stereocenters. The zero-order chi connectivity index (χ0) is 10.7. The lowest BCUT2D eigenvalue weighted by molar-refractivity contribution is 0.0526. The van der Waals surface area contributed by atoms with Crippen LogP contribution in [0.5, 0.6) is 0 Å². The van der Waals surface area contributed by atoms with Gasteiger partial charge in [0.1, 0.15) is 5.51 Å². The van der Waals surface area contributed by atoms with Crippen LogP contribution >= 0.6 is 11.3 Å². The summed E-state index contributed by atoms with van der Waals surface area (Å²) < 4.78 is 6.32. The number of carbonyl (C=O) groups is 1. The number of nitrogens with zero attached hydrogens (tertiary/aromatic N) is 4. The van der Waals surface area contributed by atoms with Crippen molar-refractivity contribution in [2.75, 3.05) is 6.61 Å². The number of hydrogen-bond acceptors (Lipinski definition) is 6. The third-order valence-electron chi connectivity index (χ3n) is 1.64. The monoisotopic (exact) mass is 224 g/mol. The minimum absolute atomic E-state index is 0.350. The number of esters is 1. The molecule has 2 aromatic rings. The van der Waals surface area contributed by atoms with E-state index in [1.807, 2.05) is 0 Å². The predicted octanol–water partition coefficient (Wildman–Crippen LogP) is 0.900. The van der Waals surface area contributed by atoms with E-state index in [0.717, 1.165) is 0 Å². The molecule has 2 rings (SSSR count). The first-order chi connectivity index (χ1) is 7.31. The van der Waals surface area contributed by atoms with Crippen molar-refractivity contribution in [1.29, 1.82) is 0 Å². The first-order valence-electron chi connectivity index (χ1n) is 4.29. The van der Waals surface area contributed by atoms with Gasteiger partial charge < -0.3 is 4.74 Å². The van der Waals surface area contributed by atoms with E-state index in [0.29, 0.717) is 17.3 Å². The number of aromatic nitrogens is 4. The van der Waals surface area contributed by atoms with E-state index in [-0.39, 0.29) is 5.97 Å². The van der Waals surface area contributed by atoms with Gasteiger partial charge in [0.25, 0.3) is 0 Å². The molecule has 0 bridgehead atoms. The molecule has 15 heavy (non-hydrogen) atoms. The van der Waals surface area contributed by atoms with Crippen LogP contribution in [-0.2, 0) is 4.74 Å². The Kier molecular flexibility index (Phi) is 2.72. The average Bonchev–Trinajstić information content (AvgIpc) is 2.89. The Bertz CT molecular complexity index is 451. The molecule has 0 saturated carbocycles. The van der Waals surface area contributed by atoms with E-state index in [9.17, 15) is 4.79 Å². The standard InChI is InChI=1S/C8H8N4O2S/c1-2-14-7(13)6-3-10-12(4-6)8-11-9-5-15-8/h3-5H,2H2,1H3. The molecule has 0 aliphatic carbocycles. The largest absolute Gasteiger partial charge is 0.462 e. The van der Waals surface area contributed by atoms with Crippen molar-refractivity contribution in [3.63, 3.8) is 0 Å². The van der Waals surface area contributed by atoms with Crippen LogP contribution in [-0.4, -0.2) is 32.6 Å². The second kappa shape index (κ2) is 4.18. The zero-order valence-corrected chi connectivity index (χ0v) is 8.77. The number of hydrogen-bond donors (Lipinski definition) is 0. The molecule has 0 radical (unpaired) electrons. The van der Waals surface area contributed by atoms with E-state index in [1.54, 1.807) is 18.6 Å². The van der Waals surface area contributed by atoms with Gasteiger partial charge in [-0.25, -0.2) is 9.48 Å². The molecule has 0 amide bonds. The minimum Gasteiger partial charge on any atom is -0.462 e. The SMILES string of the molecule is CCOC(=O)c1cnn(-c2nncs2)c1. The normalized spacial score (nSPS) is 10.2. The van der Waals surface area contributed by atoms with E-state index in [1.165, 1.54) is 22.2 Å². The van der Waals surface area contributed by atoms with Crippen LogP contribution in [0, 0.1) is 0 Å². The Balaban J connectivity index is 2.21. The first kappa shape index (κ1) is 9.78. The molecule has 6 nitrogen and oxygen atoms in total. The summed E-state index contributed by atoms with van der Waals surface area (Å²) in [4.78, 5) is 11.3. The zero-order valence-electron chi connectivity index (χ0n) is 7.95. The number of rotatable bonds is 3. The molecule has 0 spiro atoms. The maximum atomic E-state index is 11.3. The van der Waals surface area contributed by atoms with E-state index < -0.39 is 0 Å². The molecule has 0 aromatic carbocycles. The molecule has 2 heterocycles. The van der Waals surface area contributed by atoms with Gasteiger partial charge in [0, 0.05) is 6.20 Å². The molecule has 2 aromatic heterocycles. The summed E-state index contributed by atoms with van der Waals surface area (Å²) in [5.41, 5.74) is 2.01. The Morgan fingerprint density at radius 2 is 2.53 bits per heavy atom. The van der Waals surface area contributed by atoms with Crippen LogP contribution in [0.1, 0.15) is 17.3 Å². The van der Waals surface area contributed by atoms with Crippen LogP contribution in [0.3, 0.4) is 0 Å². The van der Waals surface area contributed by atoms with Crippen molar-refractivity contribution in [2.24, 2.45) is 0 Å². The summed E-state index contributed by atoms with van der Waals surface area (Å²) in [5.74, 6) is -0.381. The topological polar surface area (TPSA) is 69.9 Å². The summed E-state index contributed by atoms with van der Waals surface area (Å²) in [7, 11) is 0. The van der Waals surface area contributed by atoms with Crippen LogP contribution in [0.2, 0.25) is 0 Å². The highest BCUT2D eigenvalue weighted by Gasteiger charge is 2.10. The van der Waals surface area contributed by atoms with Crippen molar-refractivity contribution in [3.05, 3.63) is 23.5 Å². The third kappa shape index (κ3) is 2.01. The van der Waals surface area contributed by atoms with Gasteiger partial charge >= 0.3 is 5.97 Å². The van der Waals surface area contributed by atoms with Gasteiger partial charge in [0.2, 0.25) is 5.13 Å². The minimum atomic E-state index is -0.381. The van der Waals surface area contributed by atoms with Gasteiger partial charge in [-0.1, -0.05) is 11.3 Å². The maximum Gasteiger partial charge on any atom is 0.341 e. The molecule has 78 valence electrons. The van der Waals surface area contributed by atoms with Gasteiger partial charge in [-0.2, -0.15) is 5.10 Å². The Hall–Kier alpha value is -1.76. The van der Waals surface area contributed by atoms with E-state index in [2.05, 4.69) is 15.3 Å². The Morgan fingerprint density at radius 1 is 1.67 bits per heavy atom. The highest BCUT2D eigenvalue weighted by molar-refractivity contribution is 7.11. The molecule has 0 saturated heterocycles. The van der Waals surface area contributed by atoms with Crippen LogP contribution in [0.4, 0.5) is 0 Å². The lowest BCUT2D eigenvalue weighted by atomic mass is 10.4. The van der Waals surface area contributed by atoms with Crippen LogP contribution in [0.15, 0.2) is 17.9 Å². The maximum absolute atomic E-state index is 11.3. The summed E-state index contributed by atoms with van der Waals surface area (Å²) in [6.45, 7) is 2.11. The number of carbonyl (C=O) groups excluding carboxylic acids is 1. The fourth-order valence-corrected chi connectivity index (χ4v) is 1.51. The fourth-order valence-electron chi connectivity index (χ4n) is 1.01. The second-order valence-electron chi connectivity index (χ2n) is 2.62. The number of ether oxygens (including phenoxy) is 1. The summed E-state index contributed by atoms with van der Waals surface area (Å²) in [6.07, 6.45) is 3.01. The second-order valence-corrected chi connectivity index (χ2v) is 3.43. The molecular weight excluding hydrogens is 216 g/mol. The average molecular weight is 224 g/mol. The molecule has 0 aliphatic heterocycles. The predicted molar refractivity (Wildman–Crippen MR) is 53.0 cm³/mol. The smallest absolute Gasteiger partial charge is 0.341 e. The highest BCUT2D eigenvalue weighted by Crippen LogP contribution is 2.09. The van der Waals surface area contributed by atoms with Gasteiger partial charge in [0.15, 0.2) is 0 Å². The van der Waals surface area contributed by atoms with Crippen molar-refractivity contribution in [3.8, 4) is 5.13 Å². The molecule has 7 heteroatoms. The Morgan fingerprint density at radius 3 is 3.20 bits per heavy atom. The van der Waals surface area contributed by atoms with E-state index in [4.69, 9.17) is 4.74 Å². The van der Waals surface area contributed by atoms with Crippen molar-refractivity contribution >= 4 is 17.3 Å². The van der Waals surface area contributed by atoms with Crippen molar-refractivity contribution in [2.45, 2.75) is 6.92 Å². The molecular formula is C8H8N4O2S. The lowest BCUT2D eigenvalue weighted by Crippen LogP contribution is -2.03. The van der Waals surface area contributed by atoms with E-state index >= 15 is 0 Å². The summed E-state index contributed by atoms with van der Waals surface area (Å²) in [6, 6.07) is 0. The summed E-state index contributed by atoms with van der Waals surface area (Å²) >= 11 is 1.34. The molecule has 0 fully saturated rings. The third-order valence-corrected chi connectivity index (χ3v) is 2.32. The quantitative estimate of drug-likeness (QED) is 0.724. The van der Waals surface area contributed by atoms with Crippen LogP contribution in [0.25, 0.3) is 5.13 Å². The Labute approximate surface area is 89.5 Å². The molecule has 0 unspecified atom stereocenters. The van der Waals surface area contributed by atoms with Gasteiger partial charge in [-0.05, 0) is 6.92 Å². The lowest BCUT2D eigenvalue weighted by Gasteiger charge is -1.96. The molecule has 0 N–H and O–H groups in total. The van der Waals surface area contributed by atoms with Gasteiger partial charge in [-0.3, -0.25) is 0 Å². The first-order valence-corrected chi connectivity index (χ1v) is 5.17. The van der Waals surface area contributed by atoms with Gasteiger partial charge in [0.05, 0.1) is 18.4 Å². The van der Waals surface area contributed by atoms with Crippen molar-refractivity contribution < 1.29 is 9.53 Å². The highest BCUT2D eigenvalue weighted by atomic mass is 32.1. The fraction of sp³-hybridized carbons (Fsp3) is 0.250. The molecule has 0 aliphatic rings. The van der Waals surface area contributed by atoms with Crippen LogP contribution < -0.4 is 0 Å².